The zero-order valence-electron chi connectivity index (χ0n) is 56.0. The van der Waals surface area contributed by atoms with Crippen molar-refractivity contribution >= 4 is 70.9 Å². The van der Waals surface area contributed by atoms with Gasteiger partial charge in [-0.1, -0.05) is 111 Å². The topological polar surface area (TPSA) is 361 Å². The lowest BCUT2D eigenvalue weighted by Crippen LogP contribution is -2.60. The Hall–Kier alpha value is -7.81. The van der Waals surface area contributed by atoms with Gasteiger partial charge in [0.05, 0.1) is 54.8 Å². The molecule has 2 aliphatic rings. The Balaban J connectivity index is 1.41. The third-order valence-electron chi connectivity index (χ3n) is 17.6. The van der Waals surface area contributed by atoms with E-state index in [1.54, 1.807) is 94.8 Å². The van der Waals surface area contributed by atoms with Gasteiger partial charge >= 0.3 is 12.1 Å². The van der Waals surface area contributed by atoms with Gasteiger partial charge in [0.15, 0.2) is 5.78 Å². The average molecular weight is 1290 g/mol. The van der Waals surface area contributed by atoms with Gasteiger partial charge in [-0.15, -0.1) is 0 Å². The number of nitrogens with two attached hydrogens (primary N) is 2. The second-order valence-electron chi connectivity index (χ2n) is 25.2. The lowest BCUT2D eigenvalue weighted by atomic mass is 9.83. The predicted molar refractivity (Wildman–Crippen MR) is 344 cm³/mol. The van der Waals surface area contributed by atoms with Crippen molar-refractivity contribution in [1.29, 1.82) is 0 Å². The Bertz CT molecular complexity index is 2860. The van der Waals surface area contributed by atoms with Gasteiger partial charge in [-0.05, 0) is 79.5 Å². The van der Waals surface area contributed by atoms with Gasteiger partial charge in [-0.3, -0.25) is 48.1 Å². The SMILES string of the molecule is CC[C@H](C)[C@H]([C@@H](CC(=O)N1CCC[C@H]1[C@@H](OC)[C@@H](C)C(=O)N[C@@H](C)[C@H](O)c1ccccc1)OC)N(C)C(=O)[C@@H](CC(=O)[C@@H](C(C)C)N(C)C(=O)OCc1ccc(NC(=O)[C@H](CCCNC(N)=O)NC(=O)[C@@H](NC(=O)C(CN)N2C(=O)C=CC2=O)C(C)C)cc1)C(C)C. The average Bonchev–Trinajstić information content (AvgIpc) is 1.42. The highest BCUT2D eigenvalue weighted by Gasteiger charge is 2.45. The molecule has 10 N–H and O–H groups in total. The van der Waals surface area contributed by atoms with E-state index in [0.717, 1.165) is 12.2 Å². The molecular formula is C66H101N11O15. The van der Waals surface area contributed by atoms with Crippen molar-refractivity contribution in [2.45, 2.75) is 181 Å². The molecule has 11 amide bonds. The van der Waals surface area contributed by atoms with E-state index >= 15 is 0 Å². The lowest BCUT2D eigenvalue weighted by molar-refractivity contribution is -0.149. The van der Waals surface area contributed by atoms with Crippen molar-refractivity contribution < 1.29 is 72.1 Å². The van der Waals surface area contributed by atoms with Crippen molar-refractivity contribution in [2.75, 3.05) is 53.3 Å². The van der Waals surface area contributed by atoms with Crippen LogP contribution in [-0.4, -0.2) is 192 Å². The molecule has 510 valence electrons. The van der Waals surface area contributed by atoms with E-state index in [4.69, 9.17) is 25.7 Å². The van der Waals surface area contributed by atoms with Crippen LogP contribution in [0.15, 0.2) is 66.7 Å². The van der Waals surface area contributed by atoms with Crippen LogP contribution < -0.4 is 38.1 Å². The number of likely N-dealkylation sites (N-methyl/N-ethyl adjacent to an activating group) is 2. The molecule has 13 atom stereocenters. The van der Waals surface area contributed by atoms with Crippen molar-refractivity contribution in [2.24, 2.45) is 47.0 Å². The van der Waals surface area contributed by atoms with Gasteiger partial charge in [0.1, 0.15) is 24.7 Å². The number of benzene rings is 2. The number of anilines is 1. The molecule has 0 bridgehead atoms. The molecule has 0 spiro atoms. The maximum atomic E-state index is 14.9. The van der Waals surface area contributed by atoms with E-state index in [0.29, 0.717) is 47.5 Å². The highest BCUT2D eigenvalue weighted by Crippen LogP contribution is 2.32. The minimum absolute atomic E-state index is 0.0154. The summed E-state index contributed by atoms with van der Waals surface area (Å²) in [6.45, 7) is 17.9. The zero-order chi connectivity index (χ0) is 68.8. The van der Waals surface area contributed by atoms with Gasteiger partial charge < -0.3 is 72.1 Å². The molecule has 26 heteroatoms. The molecule has 4 rings (SSSR count). The third-order valence-corrected chi connectivity index (χ3v) is 17.6. The summed E-state index contributed by atoms with van der Waals surface area (Å²) in [6, 6.07) is 8.08. The van der Waals surface area contributed by atoms with Crippen LogP contribution in [0.25, 0.3) is 0 Å². The normalized spacial score (nSPS) is 17.9. The van der Waals surface area contributed by atoms with Crippen molar-refractivity contribution in [3.05, 3.63) is 77.9 Å². The predicted octanol–water partition coefficient (Wildman–Crippen LogP) is 3.93. The van der Waals surface area contributed by atoms with Crippen LogP contribution in [0.5, 0.6) is 0 Å². The number of Topliss-reactive ketones (excluding diaryl/α,β-unsaturated/α-hetero) is 1. The van der Waals surface area contributed by atoms with E-state index in [9.17, 15) is 57.8 Å². The van der Waals surface area contributed by atoms with Crippen LogP contribution in [0.1, 0.15) is 131 Å². The third kappa shape index (κ3) is 20.9. The number of urea groups is 1. The number of carbonyl (C=O) groups is 11. The van der Waals surface area contributed by atoms with Crippen molar-refractivity contribution in [1.82, 2.24) is 40.9 Å². The first-order valence-electron chi connectivity index (χ1n) is 31.8. The Morgan fingerprint density at radius 3 is 1.92 bits per heavy atom. The highest BCUT2D eigenvalue weighted by atomic mass is 16.6. The number of ether oxygens (including phenoxy) is 3. The maximum absolute atomic E-state index is 14.9. The summed E-state index contributed by atoms with van der Waals surface area (Å²) in [5.41, 5.74) is 12.5. The van der Waals surface area contributed by atoms with Gasteiger partial charge in [-0.2, -0.15) is 0 Å². The first kappa shape index (κ1) is 76.6. The van der Waals surface area contributed by atoms with Crippen molar-refractivity contribution in [3.8, 4) is 0 Å². The number of rotatable bonds is 36. The largest absolute Gasteiger partial charge is 0.445 e. The van der Waals surface area contributed by atoms with Crippen molar-refractivity contribution in [3.63, 3.8) is 0 Å². The Kier molecular flexibility index (Phi) is 30.4. The smallest absolute Gasteiger partial charge is 0.410 e. The summed E-state index contributed by atoms with van der Waals surface area (Å²) in [4.78, 5) is 154. The highest BCUT2D eigenvalue weighted by molar-refractivity contribution is 6.15. The fourth-order valence-corrected chi connectivity index (χ4v) is 12.1. The standard InChI is InChI=1S/C66H101N11O15/c1-15-40(8)57(51(90-13)34-54(81)76-32-20-24-48(76)59(91-14)41(9)60(83)70-42(10)58(82)44-21-17-16-18-22-44)74(11)64(87)46(37(2)3)33-50(78)56(39(6)7)75(12)66(89)92-36-43-25-27-45(28-26-43)71-61(84)47(23-19-31-69-65(68)88)72-63(86)55(38(4)5)73-62(85)49(35-67)77-52(79)29-30-53(77)80/h16-18,21-22,25-30,37-42,46-49,51,55-59,82H,15,19-20,23-24,31-36,67H2,1-14H3,(H,70,83)(H,71,84)(H,72,86)(H,73,85)(H3,68,69,88)/t40-,41+,42-,46-,47-,48-,49?,51+,55-,56+,57+,58-,59-/m0/s1. The number of nitrogens with one attached hydrogen (secondary N) is 5. The number of ketones is 1. The number of methoxy groups -OCH3 is 2. The number of aliphatic hydroxyl groups is 1. The number of hydrogen-bond acceptors (Lipinski definition) is 16. The maximum Gasteiger partial charge on any atom is 0.410 e. The fraction of sp³-hybridized carbons (Fsp3) is 0.621. The van der Waals surface area contributed by atoms with E-state index in [-0.39, 0.29) is 74.2 Å². The van der Waals surface area contributed by atoms with Crippen LogP contribution in [0.2, 0.25) is 0 Å². The van der Waals surface area contributed by atoms with Gasteiger partial charge in [0, 0.05) is 78.1 Å². The van der Waals surface area contributed by atoms with Gasteiger partial charge in [0.25, 0.3) is 11.8 Å². The Labute approximate surface area is 541 Å². The molecule has 0 aliphatic carbocycles. The summed E-state index contributed by atoms with van der Waals surface area (Å²) in [6.07, 6.45) is 0.690. The molecule has 92 heavy (non-hydrogen) atoms. The van der Waals surface area contributed by atoms with E-state index in [1.807, 2.05) is 45.9 Å². The molecule has 26 nitrogen and oxygen atoms in total. The zero-order valence-corrected chi connectivity index (χ0v) is 56.0. The van der Waals surface area contributed by atoms with Crippen LogP contribution in [0.4, 0.5) is 15.3 Å². The Morgan fingerprint density at radius 1 is 0.750 bits per heavy atom. The summed E-state index contributed by atoms with van der Waals surface area (Å²) in [7, 11) is 6.15. The summed E-state index contributed by atoms with van der Waals surface area (Å²) < 4.78 is 17.8. The minimum atomic E-state index is -1.41. The van der Waals surface area contributed by atoms with Gasteiger partial charge in [-0.25, -0.2) is 9.59 Å². The number of amides is 11. The number of primary amides is 1. The molecule has 1 fully saturated rings. The molecule has 1 unspecified atom stereocenters. The quantitative estimate of drug-likeness (QED) is 0.0354. The van der Waals surface area contributed by atoms with Crippen LogP contribution in [-0.2, 0) is 64.0 Å². The molecule has 1 saturated heterocycles. The first-order chi connectivity index (χ1) is 43.4. The number of likely N-dealkylation sites (tertiary alicyclic amines) is 1. The molecule has 0 aromatic heterocycles. The van der Waals surface area contributed by atoms with Crippen LogP contribution in [0.3, 0.4) is 0 Å². The number of aliphatic hydroxyl groups excluding tert-OH is 1. The molecule has 2 aromatic carbocycles. The lowest BCUT2D eigenvalue weighted by Gasteiger charge is -2.41. The first-order valence-corrected chi connectivity index (χ1v) is 31.8. The molecule has 0 radical (unpaired) electrons. The molecule has 2 aliphatic heterocycles. The second-order valence-corrected chi connectivity index (χ2v) is 25.2. The van der Waals surface area contributed by atoms with E-state index in [2.05, 4.69) is 26.6 Å². The van der Waals surface area contributed by atoms with E-state index in [1.165, 1.54) is 26.2 Å². The molecule has 0 saturated carbocycles. The number of carbonyl (C=O) groups excluding carboxylic acids is 11. The minimum Gasteiger partial charge on any atom is -0.445 e. The van der Waals surface area contributed by atoms with Gasteiger partial charge in [0.2, 0.25) is 35.4 Å². The molecular weight excluding hydrogens is 1190 g/mol. The molecule has 2 heterocycles. The number of imide groups is 1. The van der Waals surface area contributed by atoms with Crippen LogP contribution >= 0.6 is 0 Å². The number of nitrogens with zero attached hydrogens (tertiary/aromatic N) is 4. The summed E-state index contributed by atoms with van der Waals surface area (Å²) in [5.74, 6) is -7.89. The van der Waals surface area contributed by atoms with Crippen LogP contribution in [0, 0.1) is 35.5 Å². The number of hydrogen-bond donors (Lipinski definition) is 8. The fourth-order valence-electron chi connectivity index (χ4n) is 12.1. The summed E-state index contributed by atoms with van der Waals surface area (Å²) >= 11 is 0. The Morgan fingerprint density at radius 2 is 1.38 bits per heavy atom. The van der Waals surface area contributed by atoms with E-state index < -0.39 is 132 Å². The summed E-state index contributed by atoms with van der Waals surface area (Å²) in [5, 5.41) is 24.3. The monoisotopic (exact) mass is 1290 g/mol. The second kappa shape index (κ2) is 36.4. The molecule has 2 aromatic rings.